The number of hydrogen-bond acceptors (Lipinski definition) is 3. The Kier molecular flexibility index (Phi) is 3.73. The van der Waals surface area contributed by atoms with Gasteiger partial charge in [-0.1, -0.05) is 0 Å². The maximum absolute atomic E-state index is 12.0. The molecule has 7 nitrogen and oxygen atoms in total. The summed E-state index contributed by atoms with van der Waals surface area (Å²) < 4.78 is 0. The first-order valence-corrected chi connectivity index (χ1v) is 6.24. The molecule has 0 spiro atoms. The molecule has 3 N–H and O–H groups in total. The second-order valence-corrected chi connectivity index (χ2v) is 5.03. The molecule has 0 bridgehead atoms. The second-order valence-electron chi connectivity index (χ2n) is 5.03. The summed E-state index contributed by atoms with van der Waals surface area (Å²) >= 11 is 0. The van der Waals surface area contributed by atoms with Crippen molar-refractivity contribution in [2.75, 3.05) is 7.05 Å². The van der Waals surface area contributed by atoms with E-state index in [0.717, 1.165) is 19.3 Å². The third kappa shape index (κ3) is 3.24. The minimum Gasteiger partial charge on any atom is -0.481 e. The van der Waals surface area contributed by atoms with Gasteiger partial charge < -0.3 is 20.3 Å². The molecule has 7 heteroatoms. The number of nitrogens with one attached hydrogen (secondary N) is 2. The normalized spacial score (nSPS) is 16.5. The fourth-order valence-corrected chi connectivity index (χ4v) is 2.24. The van der Waals surface area contributed by atoms with Crippen molar-refractivity contribution in [1.29, 1.82) is 0 Å². The lowest BCUT2D eigenvalue weighted by molar-refractivity contribution is -0.139. The van der Waals surface area contributed by atoms with Crippen LogP contribution in [0.2, 0.25) is 0 Å². The molecule has 0 atom stereocenters. The molecule has 0 aliphatic heterocycles. The standard InChI is InChI=1S/C12H18N4O3/c1-16(8-9-13-5-6-14-9)11(19)15-12(3-2-4-12)7-10(17)18/h5-6H,2-4,7-8H2,1H3,(H,13,14)(H,15,19)(H,17,18). The predicted molar refractivity (Wildman–Crippen MR) is 67.4 cm³/mol. The number of imidazole rings is 1. The van der Waals surface area contributed by atoms with Gasteiger partial charge in [-0.3, -0.25) is 4.79 Å². The third-order valence-corrected chi connectivity index (χ3v) is 3.46. The molecule has 0 aromatic carbocycles. The summed E-state index contributed by atoms with van der Waals surface area (Å²) in [5.41, 5.74) is -0.569. The Morgan fingerprint density at radius 3 is 2.79 bits per heavy atom. The summed E-state index contributed by atoms with van der Waals surface area (Å²) in [6.07, 6.45) is 5.69. The number of carbonyl (C=O) groups is 2. The molecule has 2 rings (SSSR count). The number of carbonyl (C=O) groups excluding carboxylic acids is 1. The lowest BCUT2D eigenvalue weighted by Gasteiger charge is -2.42. The van der Waals surface area contributed by atoms with Crippen molar-refractivity contribution >= 4 is 12.0 Å². The SMILES string of the molecule is CN(Cc1ncc[nH]1)C(=O)NC1(CC(=O)O)CCC1. The molecule has 1 fully saturated rings. The minimum atomic E-state index is -0.881. The summed E-state index contributed by atoms with van der Waals surface area (Å²) in [5.74, 6) is -0.188. The van der Waals surface area contributed by atoms with E-state index in [-0.39, 0.29) is 12.5 Å². The predicted octanol–water partition coefficient (Wildman–Crippen LogP) is 0.948. The molecular formula is C12H18N4O3. The molecular weight excluding hydrogens is 248 g/mol. The van der Waals surface area contributed by atoms with E-state index in [1.807, 2.05) is 0 Å². The number of aromatic amines is 1. The van der Waals surface area contributed by atoms with E-state index in [4.69, 9.17) is 5.11 Å². The number of rotatable bonds is 5. The van der Waals surface area contributed by atoms with Crippen LogP contribution in [0.1, 0.15) is 31.5 Å². The van der Waals surface area contributed by atoms with E-state index in [9.17, 15) is 9.59 Å². The van der Waals surface area contributed by atoms with Crippen molar-refractivity contribution in [3.05, 3.63) is 18.2 Å². The van der Waals surface area contributed by atoms with Crippen LogP contribution in [0.25, 0.3) is 0 Å². The summed E-state index contributed by atoms with van der Waals surface area (Å²) in [5, 5.41) is 11.7. The fraction of sp³-hybridized carbons (Fsp3) is 0.583. The molecule has 1 aliphatic carbocycles. The number of hydrogen-bond donors (Lipinski definition) is 3. The fourth-order valence-electron chi connectivity index (χ4n) is 2.24. The van der Waals surface area contributed by atoms with Crippen molar-refractivity contribution in [2.45, 2.75) is 37.8 Å². The van der Waals surface area contributed by atoms with Crippen LogP contribution in [0.3, 0.4) is 0 Å². The van der Waals surface area contributed by atoms with Crippen LogP contribution < -0.4 is 5.32 Å². The van der Waals surface area contributed by atoms with Gasteiger partial charge in [0.1, 0.15) is 5.82 Å². The van der Waals surface area contributed by atoms with Crippen molar-refractivity contribution in [3.63, 3.8) is 0 Å². The first-order valence-electron chi connectivity index (χ1n) is 6.24. The van der Waals surface area contributed by atoms with Crippen molar-refractivity contribution in [1.82, 2.24) is 20.2 Å². The van der Waals surface area contributed by atoms with E-state index in [1.165, 1.54) is 4.90 Å². The van der Waals surface area contributed by atoms with E-state index < -0.39 is 11.5 Å². The van der Waals surface area contributed by atoms with Gasteiger partial charge in [-0.05, 0) is 19.3 Å². The van der Waals surface area contributed by atoms with Crippen molar-refractivity contribution in [3.8, 4) is 0 Å². The van der Waals surface area contributed by atoms with E-state index in [2.05, 4.69) is 15.3 Å². The van der Waals surface area contributed by atoms with Crippen LogP contribution in [0, 0.1) is 0 Å². The van der Waals surface area contributed by atoms with Crippen LogP contribution in [0.5, 0.6) is 0 Å². The van der Waals surface area contributed by atoms with Gasteiger partial charge in [0.15, 0.2) is 0 Å². The van der Waals surface area contributed by atoms with Crippen LogP contribution >= 0.6 is 0 Å². The Hall–Kier alpha value is -2.05. The zero-order chi connectivity index (χ0) is 13.9. The smallest absolute Gasteiger partial charge is 0.317 e. The zero-order valence-electron chi connectivity index (χ0n) is 10.8. The van der Waals surface area contributed by atoms with Crippen LogP contribution in [0.4, 0.5) is 4.79 Å². The third-order valence-electron chi connectivity index (χ3n) is 3.46. The van der Waals surface area contributed by atoms with Gasteiger partial charge in [-0.2, -0.15) is 0 Å². The number of aromatic nitrogens is 2. The van der Waals surface area contributed by atoms with Gasteiger partial charge in [0.2, 0.25) is 0 Å². The Balaban J connectivity index is 1.90. The molecule has 1 aliphatic rings. The number of carboxylic acids is 1. The topological polar surface area (TPSA) is 98.3 Å². The lowest BCUT2D eigenvalue weighted by Crippen LogP contribution is -2.57. The molecule has 0 unspecified atom stereocenters. The maximum atomic E-state index is 12.0. The highest BCUT2D eigenvalue weighted by Gasteiger charge is 2.40. The molecule has 1 heterocycles. The number of aliphatic carboxylic acids is 1. The van der Waals surface area contributed by atoms with Gasteiger partial charge in [0, 0.05) is 19.4 Å². The highest BCUT2D eigenvalue weighted by molar-refractivity contribution is 5.77. The van der Waals surface area contributed by atoms with E-state index >= 15 is 0 Å². The van der Waals surface area contributed by atoms with Gasteiger partial charge in [0.05, 0.1) is 18.5 Å². The Morgan fingerprint density at radius 1 is 1.58 bits per heavy atom. The first-order chi connectivity index (χ1) is 9.01. The van der Waals surface area contributed by atoms with Gasteiger partial charge in [0.25, 0.3) is 0 Å². The number of H-pyrrole nitrogens is 1. The Bertz CT molecular complexity index is 454. The Morgan fingerprint density at radius 2 is 2.32 bits per heavy atom. The maximum Gasteiger partial charge on any atom is 0.317 e. The summed E-state index contributed by atoms with van der Waals surface area (Å²) in [6, 6.07) is -0.266. The lowest BCUT2D eigenvalue weighted by atomic mass is 9.74. The number of amides is 2. The summed E-state index contributed by atoms with van der Waals surface area (Å²) in [7, 11) is 1.66. The average molecular weight is 266 g/mol. The minimum absolute atomic E-state index is 0.0205. The van der Waals surface area contributed by atoms with Crippen LogP contribution in [-0.2, 0) is 11.3 Å². The number of urea groups is 1. The highest BCUT2D eigenvalue weighted by Crippen LogP contribution is 2.35. The monoisotopic (exact) mass is 266 g/mol. The molecule has 1 aromatic rings. The van der Waals surface area contributed by atoms with Gasteiger partial charge in [-0.25, -0.2) is 9.78 Å². The number of nitrogens with zero attached hydrogens (tertiary/aromatic N) is 2. The largest absolute Gasteiger partial charge is 0.481 e. The molecule has 1 saturated carbocycles. The van der Waals surface area contributed by atoms with E-state index in [1.54, 1.807) is 19.4 Å². The zero-order valence-corrected chi connectivity index (χ0v) is 10.8. The van der Waals surface area contributed by atoms with Crippen LogP contribution in [0.15, 0.2) is 12.4 Å². The molecule has 1 aromatic heterocycles. The van der Waals surface area contributed by atoms with Crippen molar-refractivity contribution < 1.29 is 14.7 Å². The van der Waals surface area contributed by atoms with Crippen LogP contribution in [-0.4, -0.2) is 44.6 Å². The first kappa shape index (κ1) is 13.4. The molecule has 104 valence electrons. The number of carboxylic acid groups (broad SMARTS) is 1. The van der Waals surface area contributed by atoms with Gasteiger partial charge in [-0.15, -0.1) is 0 Å². The molecule has 19 heavy (non-hydrogen) atoms. The van der Waals surface area contributed by atoms with Gasteiger partial charge >= 0.3 is 12.0 Å². The van der Waals surface area contributed by atoms with Crippen molar-refractivity contribution in [2.24, 2.45) is 0 Å². The quantitative estimate of drug-likeness (QED) is 0.739. The Labute approximate surface area is 111 Å². The molecule has 0 saturated heterocycles. The summed E-state index contributed by atoms with van der Waals surface area (Å²) in [4.78, 5) is 31.3. The summed E-state index contributed by atoms with van der Waals surface area (Å²) in [6.45, 7) is 0.363. The molecule has 0 radical (unpaired) electrons. The van der Waals surface area contributed by atoms with E-state index in [0.29, 0.717) is 12.4 Å². The molecule has 2 amide bonds. The second kappa shape index (κ2) is 5.29. The highest BCUT2D eigenvalue weighted by atomic mass is 16.4. The average Bonchev–Trinajstić information content (AvgIpc) is 2.78.